The number of nitrogens with one attached hydrogen (secondary N) is 1. The predicted molar refractivity (Wildman–Crippen MR) is 74.1 cm³/mol. The molecule has 0 saturated carbocycles. The lowest BCUT2D eigenvalue weighted by Crippen LogP contribution is -2.49. The number of alkyl halides is 3. The number of hydrogen-bond donors (Lipinski definition) is 1. The first-order valence-electron chi connectivity index (χ1n) is 5.85. The van der Waals surface area contributed by atoms with Crippen LogP contribution in [0.15, 0.2) is 18.2 Å². The van der Waals surface area contributed by atoms with Crippen molar-refractivity contribution >= 4 is 24.8 Å². The van der Waals surface area contributed by atoms with Crippen LogP contribution in [-0.4, -0.2) is 37.3 Å². The molecule has 1 aromatic rings. The Hall–Kier alpha value is -0.630. The van der Waals surface area contributed by atoms with Gasteiger partial charge in [-0.3, -0.25) is 4.90 Å². The van der Waals surface area contributed by atoms with Crippen LogP contribution >= 0.6 is 24.8 Å². The Labute approximate surface area is 131 Å². The Kier molecular flexibility index (Phi) is 7.88. The van der Waals surface area contributed by atoms with Gasteiger partial charge in [-0.2, -0.15) is 13.2 Å². The maximum absolute atomic E-state index is 13.1. The standard InChI is InChI=1S/C12H13F5N2.2ClH/c13-9-5-8(6-10(14)7-9)11(12(15,16)17)19-3-1-18-2-4-19;;/h5-7,11,18H,1-4H2;2*1H/t11-;;/m0../s1. The molecule has 1 aliphatic heterocycles. The molecule has 0 radical (unpaired) electrons. The number of hydrogen-bond acceptors (Lipinski definition) is 2. The third-order valence-electron chi connectivity index (χ3n) is 3.03. The minimum atomic E-state index is -4.57. The van der Waals surface area contributed by atoms with E-state index in [-0.39, 0.29) is 37.9 Å². The third kappa shape index (κ3) is 5.25. The van der Waals surface area contributed by atoms with Crippen LogP contribution in [0.25, 0.3) is 0 Å². The maximum Gasteiger partial charge on any atom is 0.408 e. The van der Waals surface area contributed by atoms with E-state index in [0.717, 1.165) is 12.1 Å². The summed E-state index contributed by atoms with van der Waals surface area (Å²) in [5.41, 5.74) is -0.396. The molecule has 2 rings (SSSR count). The summed E-state index contributed by atoms with van der Waals surface area (Å²) >= 11 is 0. The summed E-state index contributed by atoms with van der Waals surface area (Å²) in [5.74, 6) is -2.00. The Morgan fingerprint density at radius 1 is 0.952 bits per heavy atom. The summed E-state index contributed by atoms with van der Waals surface area (Å²) in [7, 11) is 0. The molecule has 0 aromatic heterocycles. The zero-order valence-corrected chi connectivity index (χ0v) is 12.4. The van der Waals surface area contributed by atoms with Crippen LogP contribution in [0.2, 0.25) is 0 Å². The molecule has 21 heavy (non-hydrogen) atoms. The van der Waals surface area contributed by atoms with Gasteiger partial charge in [0.05, 0.1) is 0 Å². The molecule has 0 amide bonds. The monoisotopic (exact) mass is 352 g/mol. The molecule has 1 fully saturated rings. The van der Waals surface area contributed by atoms with Gasteiger partial charge in [-0.15, -0.1) is 24.8 Å². The molecule has 0 bridgehead atoms. The van der Waals surface area contributed by atoms with E-state index < -0.39 is 29.4 Å². The Morgan fingerprint density at radius 2 is 1.43 bits per heavy atom. The van der Waals surface area contributed by atoms with Crippen molar-refractivity contribution in [1.82, 2.24) is 10.2 Å². The van der Waals surface area contributed by atoms with E-state index >= 15 is 0 Å². The van der Waals surface area contributed by atoms with E-state index in [4.69, 9.17) is 0 Å². The van der Waals surface area contributed by atoms with Crippen molar-refractivity contribution in [2.45, 2.75) is 12.2 Å². The molecule has 1 heterocycles. The van der Waals surface area contributed by atoms with Crippen molar-refractivity contribution in [3.63, 3.8) is 0 Å². The average molecular weight is 353 g/mol. The van der Waals surface area contributed by atoms with Gasteiger partial charge < -0.3 is 5.32 Å². The number of piperazine rings is 1. The lowest BCUT2D eigenvalue weighted by Gasteiger charge is -2.36. The van der Waals surface area contributed by atoms with Crippen molar-refractivity contribution in [3.05, 3.63) is 35.4 Å². The number of nitrogens with zero attached hydrogens (tertiary/aromatic N) is 1. The van der Waals surface area contributed by atoms with E-state index in [0.29, 0.717) is 19.2 Å². The molecule has 1 N–H and O–H groups in total. The van der Waals surface area contributed by atoms with Crippen molar-refractivity contribution in [1.29, 1.82) is 0 Å². The molecule has 1 aliphatic rings. The van der Waals surface area contributed by atoms with Gasteiger partial charge in [-0.25, -0.2) is 8.78 Å². The zero-order chi connectivity index (χ0) is 14.0. The fraction of sp³-hybridized carbons (Fsp3) is 0.500. The molecule has 1 saturated heterocycles. The van der Waals surface area contributed by atoms with Crippen LogP contribution in [0.3, 0.4) is 0 Å². The summed E-state index contributed by atoms with van der Waals surface area (Å²) in [6.45, 7) is 1.21. The zero-order valence-electron chi connectivity index (χ0n) is 10.8. The van der Waals surface area contributed by atoms with Crippen LogP contribution in [-0.2, 0) is 0 Å². The fourth-order valence-corrected chi connectivity index (χ4v) is 2.28. The normalized spacial score (nSPS) is 17.6. The summed E-state index contributed by atoms with van der Waals surface area (Å²) in [6, 6.07) is 0.0705. The van der Waals surface area contributed by atoms with Crippen molar-refractivity contribution < 1.29 is 22.0 Å². The van der Waals surface area contributed by atoms with Crippen LogP contribution in [0.4, 0.5) is 22.0 Å². The highest BCUT2D eigenvalue weighted by Crippen LogP contribution is 2.38. The van der Waals surface area contributed by atoms with Gasteiger partial charge >= 0.3 is 6.18 Å². The third-order valence-corrected chi connectivity index (χ3v) is 3.03. The second kappa shape index (κ2) is 8.12. The largest absolute Gasteiger partial charge is 0.408 e. The minimum absolute atomic E-state index is 0. The highest BCUT2D eigenvalue weighted by atomic mass is 35.5. The van der Waals surface area contributed by atoms with Gasteiger partial charge in [0.15, 0.2) is 0 Å². The molecule has 0 spiro atoms. The first-order chi connectivity index (χ1) is 8.88. The molecule has 2 nitrogen and oxygen atoms in total. The van der Waals surface area contributed by atoms with Crippen LogP contribution in [0.5, 0.6) is 0 Å². The van der Waals surface area contributed by atoms with Crippen molar-refractivity contribution in [2.75, 3.05) is 26.2 Å². The summed E-state index contributed by atoms with van der Waals surface area (Å²) in [6.07, 6.45) is -4.57. The van der Waals surface area contributed by atoms with E-state index in [1.165, 1.54) is 4.90 Å². The quantitative estimate of drug-likeness (QED) is 0.821. The Morgan fingerprint density at radius 3 is 1.86 bits per heavy atom. The lowest BCUT2D eigenvalue weighted by molar-refractivity contribution is -0.188. The smallest absolute Gasteiger partial charge is 0.314 e. The van der Waals surface area contributed by atoms with E-state index in [9.17, 15) is 22.0 Å². The van der Waals surface area contributed by atoms with Gasteiger partial charge in [0.2, 0.25) is 0 Å². The van der Waals surface area contributed by atoms with E-state index in [2.05, 4.69) is 5.32 Å². The van der Waals surface area contributed by atoms with Gasteiger partial charge in [0.25, 0.3) is 0 Å². The first kappa shape index (κ1) is 20.4. The van der Waals surface area contributed by atoms with Gasteiger partial charge in [0.1, 0.15) is 17.7 Å². The van der Waals surface area contributed by atoms with Gasteiger partial charge in [-0.1, -0.05) is 0 Å². The first-order valence-corrected chi connectivity index (χ1v) is 5.85. The second-order valence-electron chi connectivity index (χ2n) is 4.43. The van der Waals surface area contributed by atoms with Crippen LogP contribution in [0.1, 0.15) is 11.6 Å². The molecular weight excluding hydrogens is 338 g/mol. The molecule has 0 unspecified atom stereocenters. The molecule has 1 atom stereocenters. The van der Waals surface area contributed by atoms with Crippen molar-refractivity contribution in [3.8, 4) is 0 Å². The summed E-state index contributed by atoms with van der Waals surface area (Å²) < 4.78 is 65.7. The number of rotatable bonds is 2. The molecule has 1 aromatic carbocycles. The Bertz CT molecular complexity index is 430. The van der Waals surface area contributed by atoms with E-state index in [1.54, 1.807) is 0 Å². The minimum Gasteiger partial charge on any atom is -0.314 e. The molecule has 9 heteroatoms. The van der Waals surface area contributed by atoms with Gasteiger partial charge in [0, 0.05) is 32.2 Å². The molecule has 0 aliphatic carbocycles. The lowest BCUT2D eigenvalue weighted by atomic mass is 10.0. The average Bonchev–Trinajstić information content (AvgIpc) is 2.27. The summed E-state index contributed by atoms with van der Waals surface area (Å²) in [5, 5.41) is 2.94. The van der Waals surface area contributed by atoms with Crippen LogP contribution < -0.4 is 5.32 Å². The number of halogens is 7. The molecule has 122 valence electrons. The summed E-state index contributed by atoms with van der Waals surface area (Å²) in [4.78, 5) is 1.19. The highest BCUT2D eigenvalue weighted by molar-refractivity contribution is 5.85. The van der Waals surface area contributed by atoms with E-state index in [1.807, 2.05) is 0 Å². The predicted octanol–water partition coefficient (Wildman–Crippen LogP) is 3.32. The van der Waals surface area contributed by atoms with Gasteiger partial charge in [-0.05, 0) is 17.7 Å². The molecular formula is C12H15Cl2F5N2. The fourth-order valence-electron chi connectivity index (χ4n) is 2.28. The van der Waals surface area contributed by atoms with Crippen molar-refractivity contribution in [2.24, 2.45) is 0 Å². The Balaban J connectivity index is 0.00000200. The topological polar surface area (TPSA) is 15.3 Å². The number of benzene rings is 1. The maximum atomic E-state index is 13.1. The SMILES string of the molecule is Cl.Cl.Fc1cc(F)cc([C@H](N2CCNCC2)C(F)(F)F)c1. The second-order valence-corrected chi connectivity index (χ2v) is 4.43. The van der Waals surface area contributed by atoms with Crippen LogP contribution in [0, 0.1) is 11.6 Å². The highest BCUT2D eigenvalue weighted by Gasteiger charge is 2.45.